The van der Waals surface area contributed by atoms with Gasteiger partial charge in [0.2, 0.25) is 0 Å². The van der Waals surface area contributed by atoms with Crippen molar-refractivity contribution in [2.75, 3.05) is 13.7 Å². The van der Waals surface area contributed by atoms with E-state index >= 15 is 0 Å². The molecule has 1 aromatic heterocycles. The molecule has 8 heteroatoms. The highest BCUT2D eigenvalue weighted by atomic mass is 35.5. The van der Waals surface area contributed by atoms with Crippen LogP contribution in [0.25, 0.3) is 0 Å². The molecule has 2 aliphatic heterocycles. The van der Waals surface area contributed by atoms with Gasteiger partial charge in [-0.2, -0.15) is 4.99 Å². The van der Waals surface area contributed by atoms with Gasteiger partial charge in [-0.1, -0.05) is 22.9 Å². The monoisotopic (exact) mass is 450 g/mol. The van der Waals surface area contributed by atoms with Gasteiger partial charge in [0.05, 0.1) is 41.5 Å². The first-order valence-electron chi connectivity index (χ1n) is 10.1. The fourth-order valence-electron chi connectivity index (χ4n) is 4.39. The molecule has 0 bridgehead atoms. The number of fused-ring (bicyclic) bond motifs is 1. The summed E-state index contributed by atoms with van der Waals surface area (Å²) >= 11 is 7.62. The van der Waals surface area contributed by atoms with Crippen molar-refractivity contribution in [2.24, 2.45) is 4.99 Å². The van der Waals surface area contributed by atoms with Crippen molar-refractivity contribution >= 4 is 28.8 Å². The summed E-state index contributed by atoms with van der Waals surface area (Å²) in [6, 6.07) is 4.96. The Bertz CT molecular complexity index is 1050. The van der Waals surface area contributed by atoms with E-state index in [0.717, 1.165) is 30.0 Å². The number of amides is 1. The number of aromatic nitrogens is 1. The molecule has 4 rings (SSSR count). The van der Waals surface area contributed by atoms with Gasteiger partial charge in [-0.05, 0) is 58.7 Å². The molecule has 0 unspecified atom stereocenters. The van der Waals surface area contributed by atoms with Gasteiger partial charge in [0.15, 0.2) is 4.80 Å². The Morgan fingerprint density at radius 2 is 2.10 bits per heavy atom. The lowest BCUT2D eigenvalue weighted by atomic mass is 10.0. The summed E-state index contributed by atoms with van der Waals surface area (Å²) in [7, 11) is 1.53. The van der Waals surface area contributed by atoms with Crippen molar-refractivity contribution in [2.45, 2.75) is 64.4 Å². The second kappa shape index (κ2) is 7.79. The number of hydrogen-bond donors (Lipinski definition) is 0. The number of benzene rings is 1. The summed E-state index contributed by atoms with van der Waals surface area (Å²) in [5.74, 6) is 0.0683. The lowest BCUT2D eigenvalue weighted by molar-refractivity contribution is -0.107. The molecule has 162 valence electrons. The first-order chi connectivity index (χ1) is 14.1. The second-order valence-corrected chi connectivity index (χ2v) is 10.1. The van der Waals surface area contributed by atoms with E-state index in [1.165, 1.54) is 18.4 Å². The molecule has 0 saturated carbocycles. The van der Waals surface area contributed by atoms with E-state index in [4.69, 9.17) is 25.8 Å². The Morgan fingerprint density at radius 1 is 1.33 bits per heavy atom. The van der Waals surface area contributed by atoms with Crippen LogP contribution in [0.5, 0.6) is 5.75 Å². The van der Waals surface area contributed by atoms with E-state index in [9.17, 15) is 4.79 Å². The molecule has 0 aliphatic carbocycles. The maximum absolute atomic E-state index is 13.1. The van der Waals surface area contributed by atoms with Crippen molar-refractivity contribution < 1.29 is 19.0 Å². The lowest BCUT2D eigenvalue weighted by Gasteiger charge is -2.26. The number of nitrogens with zero attached hydrogens (tertiary/aromatic N) is 2. The number of rotatable bonds is 4. The SMILES string of the molecule is COc1ccc(Cl)cc1C(=O)N=c1sc2c(n1C[C@H]1CCCO1)C(C)(C)OC2(C)C. The number of methoxy groups -OCH3 is 1. The van der Waals surface area contributed by atoms with Crippen molar-refractivity contribution in [1.82, 2.24) is 4.57 Å². The molecule has 6 nitrogen and oxygen atoms in total. The van der Waals surface area contributed by atoms with Crippen LogP contribution < -0.4 is 9.54 Å². The number of ether oxygens (including phenoxy) is 3. The average molecular weight is 451 g/mol. The number of thiazole rings is 1. The molecular weight excluding hydrogens is 424 g/mol. The van der Waals surface area contributed by atoms with Gasteiger partial charge in [-0.3, -0.25) is 4.79 Å². The molecule has 0 N–H and O–H groups in total. The molecule has 1 amide bonds. The first-order valence-corrected chi connectivity index (χ1v) is 11.3. The van der Waals surface area contributed by atoms with Crippen LogP contribution in [0, 0.1) is 0 Å². The molecular formula is C22H27ClN2O4S. The minimum absolute atomic E-state index is 0.109. The highest BCUT2D eigenvalue weighted by Crippen LogP contribution is 2.48. The Morgan fingerprint density at radius 3 is 2.77 bits per heavy atom. The van der Waals surface area contributed by atoms with Crippen LogP contribution >= 0.6 is 22.9 Å². The molecule has 1 aromatic carbocycles. The third-order valence-electron chi connectivity index (χ3n) is 5.54. The van der Waals surface area contributed by atoms with Crippen LogP contribution in [0.4, 0.5) is 0 Å². The minimum Gasteiger partial charge on any atom is -0.496 e. The van der Waals surface area contributed by atoms with Gasteiger partial charge in [-0.25, -0.2) is 0 Å². The molecule has 30 heavy (non-hydrogen) atoms. The summed E-state index contributed by atoms with van der Waals surface area (Å²) in [6.45, 7) is 9.65. The highest BCUT2D eigenvalue weighted by molar-refractivity contribution is 7.09. The average Bonchev–Trinajstić information content (AvgIpc) is 3.33. The van der Waals surface area contributed by atoms with Crippen LogP contribution in [0.2, 0.25) is 5.02 Å². The van der Waals surface area contributed by atoms with E-state index in [0.29, 0.717) is 27.7 Å². The van der Waals surface area contributed by atoms with E-state index in [2.05, 4.69) is 37.3 Å². The summed E-state index contributed by atoms with van der Waals surface area (Å²) < 4.78 is 19.7. The standard InChI is InChI=1S/C22H27ClN2O4S/c1-21(2)17-18(22(3,4)29-21)30-20(25(17)12-14-7-6-10-28-14)24-19(26)15-11-13(23)8-9-16(15)27-5/h8-9,11,14H,6-7,10,12H2,1-5H3/t14-/m1/s1. The lowest BCUT2D eigenvalue weighted by Crippen LogP contribution is -2.32. The molecule has 0 radical (unpaired) electrons. The van der Waals surface area contributed by atoms with Crippen LogP contribution in [0.3, 0.4) is 0 Å². The van der Waals surface area contributed by atoms with Crippen LogP contribution in [-0.4, -0.2) is 30.3 Å². The second-order valence-electron chi connectivity index (χ2n) is 8.69. The largest absolute Gasteiger partial charge is 0.496 e. The molecule has 1 atom stereocenters. The smallest absolute Gasteiger partial charge is 0.283 e. The van der Waals surface area contributed by atoms with Gasteiger partial charge in [0.1, 0.15) is 11.4 Å². The zero-order valence-electron chi connectivity index (χ0n) is 18.0. The fourth-order valence-corrected chi connectivity index (χ4v) is 5.89. The van der Waals surface area contributed by atoms with Crippen molar-refractivity contribution in [3.05, 3.63) is 44.2 Å². The van der Waals surface area contributed by atoms with Crippen LogP contribution in [-0.2, 0) is 27.2 Å². The third-order valence-corrected chi connectivity index (χ3v) is 7.15. The van der Waals surface area contributed by atoms with Gasteiger partial charge in [-0.15, -0.1) is 0 Å². The summed E-state index contributed by atoms with van der Waals surface area (Å²) in [4.78, 5) is 19.4. The highest BCUT2D eigenvalue weighted by Gasteiger charge is 2.47. The number of carbonyl (C=O) groups is 1. The zero-order chi connectivity index (χ0) is 21.7. The maximum atomic E-state index is 13.1. The zero-order valence-corrected chi connectivity index (χ0v) is 19.5. The predicted octanol–water partition coefficient (Wildman–Crippen LogP) is 4.63. The molecule has 1 fully saturated rings. The van der Waals surface area contributed by atoms with Crippen molar-refractivity contribution in [3.63, 3.8) is 0 Å². The molecule has 3 heterocycles. The molecule has 2 aliphatic rings. The summed E-state index contributed by atoms with van der Waals surface area (Å²) in [5.41, 5.74) is 0.472. The van der Waals surface area contributed by atoms with Crippen LogP contribution in [0.1, 0.15) is 61.5 Å². The normalized spacial score (nSPS) is 22.3. The fraction of sp³-hybridized carbons (Fsp3) is 0.545. The van der Waals surface area contributed by atoms with Crippen molar-refractivity contribution in [1.29, 1.82) is 0 Å². The van der Waals surface area contributed by atoms with Gasteiger partial charge < -0.3 is 18.8 Å². The Hall–Kier alpha value is -1.67. The van der Waals surface area contributed by atoms with E-state index in [1.807, 2.05) is 0 Å². The van der Waals surface area contributed by atoms with E-state index < -0.39 is 11.2 Å². The molecule has 0 spiro atoms. The third kappa shape index (κ3) is 3.84. The first kappa shape index (κ1) is 21.6. The Kier molecular flexibility index (Phi) is 5.60. The molecule has 2 aromatic rings. The van der Waals surface area contributed by atoms with E-state index in [1.54, 1.807) is 18.2 Å². The van der Waals surface area contributed by atoms with Crippen LogP contribution in [0.15, 0.2) is 23.2 Å². The van der Waals surface area contributed by atoms with E-state index in [-0.39, 0.29) is 12.0 Å². The minimum atomic E-state index is -0.488. The Labute approximate surface area is 185 Å². The molecule has 1 saturated heterocycles. The van der Waals surface area contributed by atoms with Gasteiger partial charge >= 0.3 is 0 Å². The summed E-state index contributed by atoms with van der Waals surface area (Å²) in [5, 5.41) is 0.464. The maximum Gasteiger partial charge on any atom is 0.283 e. The number of hydrogen-bond acceptors (Lipinski definition) is 5. The summed E-state index contributed by atoms with van der Waals surface area (Å²) in [6.07, 6.45) is 2.16. The van der Waals surface area contributed by atoms with Crippen molar-refractivity contribution in [3.8, 4) is 5.75 Å². The number of carbonyl (C=O) groups excluding carboxylic acids is 1. The Balaban J connectivity index is 1.85. The predicted molar refractivity (Wildman–Crippen MR) is 116 cm³/mol. The van der Waals surface area contributed by atoms with Gasteiger partial charge in [0, 0.05) is 11.6 Å². The number of halogens is 1. The quantitative estimate of drug-likeness (QED) is 0.681. The topological polar surface area (TPSA) is 62.0 Å². The van der Waals surface area contributed by atoms with Gasteiger partial charge in [0.25, 0.3) is 5.91 Å².